The summed E-state index contributed by atoms with van der Waals surface area (Å²) in [5, 5.41) is 4.87. The van der Waals surface area contributed by atoms with Crippen LogP contribution in [0.5, 0.6) is 0 Å². The van der Waals surface area contributed by atoms with Gasteiger partial charge in [0.2, 0.25) is 5.91 Å². The molecule has 1 amide bonds. The summed E-state index contributed by atoms with van der Waals surface area (Å²) in [5.74, 6) is 0.100. The van der Waals surface area contributed by atoms with Crippen molar-refractivity contribution in [2.45, 2.75) is 31.8 Å². The maximum absolute atomic E-state index is 11.7. The Morgan fingerprint density at radius 2 is 2.20 bits per heavy atom. The Morgan fingerprint density at radius 1 is 1.30 bits per heavy atom. The van der Waals surface area contributed by atoms with E-state index in [9.17, 15) is 4.79 Å². The van der Waals surface area contributed by atoms with Gasteiger partial charge < -0.3 is 15.0 Å². The summed E-state index contributed by atoms with van der Waals surface area (Å²) in [7, 11) is 2.10. The molecule has 0 aromatic rings. The van der Waals surface area contributed by atoms with Crippen molar-refractivity contribution >= 4 is 5.91 Å². The monoisotopic (exact) mass is 285 g/mol. The van der Waals surface area contributed by atoms with Crippen LogP contribution in [0.25, 0.3) is 0 Å². The van der Waals surface area contributed by atoms with Gasteiger partial charge >= 0.3 is 0 Å². The molecular weight excluding hydrogens is 258 g/mol. The summed E-state index contributed by atoms with van der Waals surface area (Å²) in [6.07, 6.45) is 3.92. The van der Waals surface area contributed by atoms with Gasteiger partial charge in [-0.15, -0.1) is 0 Å². The molecular formula is C14H27N3O3. The van der Waals surface area contributed by atoms with Gasteiger partial charge in [-0.25, -0.2) is 0 Å². The summed E-state index contributed by atoms with van der Waals surface area (Å²) in [5.41, 5.74) is 0. The van der Waals surface area contributed by atoms with E-state index < -0.39 is 0 Å². The molecule has 20 heavy (non-hydrogen) atoms. The first-order valence-corrected chi connectivity index (χ1v) is 7.69. The van der Waals surface area contributed by atoms with Crippen molar-refractivity contribution in [3.8, 4) is 0 Å². The highest BCUT2D eigenvalue weighted by Crippen LogP contribution is 2.07. The van der Waals surface area contributed by atoms with Crippen LogP contribution >= 0.6 is 0 Å². The van der Waals surface area contributed by atoms with E-state index in [2.05, 4.69) is 17.3 Å². The number of hydroxylamine groups is 2. The van der Waals surface area contributed by atoms with Crippen molar-refractivity contribution in [3.05, 3.63) is 0 Å². The number of nitrogens with one attached hydrogen (secondary N) is 1. The van der Waals surface area contributed by atoms with E-state index in [-0.39, 0.29) is 12.0 Å². The fourth-order valence-electron chi connectivity index (χ4n) is 2.55. The summed E-state index contributed by atoms with van der Waals surface area (Å²) in [4.78, 5) is 19.5. The van der Waals surface area contributed by atoms with Gasteiger partial charge in [-0.3, -0.25) is 9.63 Å². The molecule has 6 heteroatoms. The van der Waals surface area contributed by atoms with Crippen LogP contribution in [0, 0.1) is 0 Å². The van der Waals surface area contributed by atoms with Crippen molar-refractivity contribution in [2.75, 3.05) is 53.0 Å². The Hall–Kier alpha value is -0.690. The van der Waals surface area contributed by atoms with Gasteiger partial charge in [0.05, 0.1) is 19.3 Å². The molecule has 0 radical (unpaired) electrons. The lowest BCUT2D eigenvalue weighted by Crippen LogP contribution is -2.41. The molecule has 0 aliphatic carbocycles. The fourth-order valence-corrected chi connectivity index (χ4v) is 2.55. The first kappa shape index (κ1) is 15.7. The number of hydrogen-bond acceptors (Lipinski definition) is 5. The number of ether oxygens (including phenoxy) is 1. The molecule has 1 N–H and O–H groups in total. The van der Waals surface area contributed by atoms with Gasteiger partial charge in [0.15, 0.2) is 0 Å². The van der Waals surface area contributed by atoms with Crippen molar-refractivity contribution in [1.82, 2.24) is 15.3 Å². The van der Waals surface area contributed by atoms with Gasteiger partial charge in [-0.05, 0) is 26.3 Å². The van der Waals surface area contributed by atoms with Crippen molar-refractivity contribution in [3.63, 3.8) is 0 Å². The summed E-state index contributed by atoms with van der Waals surface area (Å²) in [6, 6.07) is 0. The Morgan fingerprint density at radius 3 is 2.95 bits per heavy atom. The number of carbonyl (C=O) groups is 1. The topological polar surface area (TPSA) is 54.0 Å². The van der Waals surface area contributed by atoms with Crippen molar-refractivity contribution in [1.29, 1.82) is 0 Å². The van der Waals surface area contributed by atoms with Crippen LogP contribution in [0.2, 0.25) is 0 Å². The summed E-state index contributed by atoms with van der Waals surface area (Å²) < 4.78 is 5.66. The highest BCUT2D eigenvalue weighted by Gasteiger charge is 2.17. The number of likely N-dealkylation sites (N-methyl/N-ethyl adjacent to an activating group) is 1. The van der Waals surface area contributed by atoms with E-state index in [1.54, 1.807) is 0 Å². The minimum atomic E-state index is 0.100. The molecule has 0 aromatic heterocycles. The lowest BCUT2D eigenvalue weighted by molar-refractivity contribution is -0.181. The molecule has 2 aliphatic heterocycles. The molecule has 0 saturated carbocycles. The standard InChI is InChI=1S/C14H27N3O3/c1-16-9-11-19-13(12-16)4-6-15-14(18)5-8-17-7-2-3-10-20-17/h13H,2-12H2,1H3,(H,15,18). The third-order valence-corrected chi connectivity index (χ3v) is 3.79. The van der Waals surface area contributed by atoms with Crippen LogP contribution in [-0.4, -0.2) is 75.0 Å². The second-order valence-corrected chi connectivity index (χ2v) is 5.61. The predicted molar refractivity (Wildman–Crippen MR) is 76.2 cm³/mol. The van der Waals surface area contributed by atoms with E-state index in [1.165, 1.54) is 0 Å². The fraction of sp³-hybridized carbons (Fsp3) is 0.929. The highest BCUT2D eigenvalue weighted by atomic mass is 16.7. The highest BCUT2D eigenvalue weighted by molar-refractivity contribution is 5.75. The molecule has 2 fully saturated rings. The molecule has 1 atom stereocenters. The Balaban J connectivity index is 1.51. The molecule has 6 nitrogen and oxygen atoms in total. The van der Waals surface area contributed by atoms with E-state index in [4.69, 9.17) is 9.57 Å². The zero-order valence-electron chi connectivity index (χ0n) is 12.5. The molecule has 0 spiro atoms. The summed E-state index contributed by atoms with van der Waals surface area (Å²) >= 11 is 0. The largest absolute Gasteiger partial charge is 0.375 e. The Kier molecular flexibility index (Phi) is 6.72. The Bertz CT molecular complexity index is 295. The van der Waals surface area contributed by atoms with Crippen LogP contribution < -0.4 is 5.32 Å². The van der Waals surface area contributed by atoms with Crippen molar-refractivity contribution < 1.29 is 14.4 Å². The third kappa shape index (κ3) is 5.75. The minimum Gasteiger partial charge on any atom is -0.375 e. The number of hydrogen-bond donors (Lipinski definition) is 1. The zero-order chi connectivity index (χ0) is 14.2. The average Bonchev–Trinajstić information content (AvgIpc) is 2.46. The van der Waals surface area contributed by atoms with E-state index in [0.29, 0.717) is 19.5 Å². The molecule has 2 aliphatic rings. The van der Waals surface area contributed by atoms with E-state index in [0.717, 1.165) is 52.1 Å². The molecule has 2 saturated heterocycles. The maximum atomic E-state index is 11.7. The van der Waals surface area contributed by atoms with Crippen LogP contribution in [-0.2, 0) is 14.4 Å². The van der Waals surface area contributed by atoms with Gasteiger partial charge in [0.1, 0.15) is 0 Å². The van der Waals surface area contributed by atoms with Crippen molar-refractivity contribution in [2.24, 2.45) is 0 Å². The van der Waals surface area contributed by atoms with E-state index >= 15 is 0 Å². The zero-order valence-corrected chi connectivity index (χ0v) is 12.5. The Labute approximate surface area is 121 Å². The normalized spacial score (nSPS) is 25.6. The van der Waals surface area contributed by atoms with Crippen LogP contribution in [0.3, 0.4) is 0 Å². The van der Waals surface area contributed by atoms with Crippen LogP contribution in [0.15, 0.2) is 0 Å². The predicted octanol–water partition coefficient (Wildman–Crippen LogP) is 0.241. The lowest BCUT2D eigenvalue weighted by Gasteiger charge is -2.30. The maximum Gasteiger partial charge on any atom is 0.221 e. The van der Waals surface area contributed by atoms with Gasteiger partial charge in [-0.2, -0.15) is 5.06 Å². The molecule has 0 aromatic carbocycles. The lowest BCUT2D eigenvalue weighted by atomic mass is 10.2. The second-order valence-electron chi connectivity index (χ2n) is 5.61. The first-order valence-electron chi connectivity index (χ1n) is 7.69. The molecule has 1 unspecified atom stereocenters. The van der Waals surface area contributed by atoms with Gasteiger partial charge in [0, 0.05) is 39.1 Å². The minimum absolute atomic E-state index is 0.100. The number of carbonyl (C=O) groups excluding carboxylic acids is 1. The SMILES string of the molecule is CN1CCOC(CCNC(=O)CCN2CCCCO2)C1. The van der Waals surface area contributed by atoms with E-state index in [1.807, 2.05) is 5.06 Å². The van der Waals surface area contributed by atoms with Crippen LogP contribution in [0.1, 0.15) is 25.7 Å². The number of rotatable bonds is 6. The summed E-state index contributed by atoms with van der Waals surface area (Å²) in [6.45, 7) is 5.86. The quantitative estimate of drug-likeness (QED) is 0.758. The smallest absolute Gasteiger partial charge is 0.221 e. The first-order chi connectivity index (χ1) is 9.74. The van der Waals surface area contributed by atoms with Crippen LogP contribution in [0.4, 0.5) is 0 Å². The number of nitrogens with zero attached hydrogens (tertiary/aromatic N) is 2. The molecule has 0 bridgehead atoms. The molecule has 2 rings (SSSR count). The average molecular weight is 285 g/mol. The van der Waals surface area contributed by atoms with Gasteiger partial charge in [-0.1, -0.05) is 0 Å². The van der Waals surface area contributed by atoms with Gasteiger partial charge in [0.25, 0.3) is 0 Å². The molecule has 116 valence electrons. The third-order valence-electron chi connectivity index (χ3n) is 3.79. The second kappa shape index (κ2) is 8.56. The number of amides is 1. The molecule has 2 heterocycles. The number of morpholine rings is 1.